The average Bonchev–Trinajstić information content (AvgIpc) is 3.16. The maximum atomic E-state index is 12.5. The van der Waals surface area contributed by atoms with Crippen molar-refractivity contribution in [1.29, 1.82) is 0 Å². The number of carbonyl (C=O) groups excluding carboxylic acids is 2. The molecule has 1 saturated heterocycles. The first-order chi connectivity index (χ1) is 12.1. The number of benzene rings is 1. The maximum Gasteiger partial charge on any atom is 0.252 e. The number of nitrogens with one attached hydrogen (secondary N) is 1. The normalized spacial score (nSPS) is 15.7. The number of ether oxygens (including phenoxy) is 1. The summed E-state index contributed by atoms with van der Waals surface area (Å²) in [7, 11) is 0. The zero-order chi connectivity index (χ0) is 17.8. The minimum atomic E-state index is -0.561. The molecule has 1 aromatic heterocycles. The summed E-state index contributed by atoms with van der Waals surface area (Å²) in [6.07, 6.45) is 3.91. The SMILES string of the molecule is Cc1cc(-n2cccc2)ccc1C(=O)N[C@@H](C)C(=O)N1CCOCC1. The second-order valence-electron chi connectivity index (χ2n) is 6.22. The van der Waals surface area contributed by atoms with Crippen LogP contribution < -0.4 is 5.32 Å². The molecule has 1 aromatic carbocycles. The minimum absolute atomic E-state index is 0.0711. The number of aryl methyl sites for hydroxylation is 1. The molecule has 2 heterocycles. The number of rotatable bonds is 4. The molecular formula is C19H23N3O3. The molecule has 0 unspecified atom stereocenters. The Kier molecular flexibility index (Phi) is 5.19. The zero-order valence-corrected chi connectivity index (χ0v) is 14.6. The fourth-order valence-corrected chi connectivity index (χ4v) is 2.96. The van der Waals surface area contributed by atoms with Crippen LogP contribution in [-0.2, 0) is 9.53 Å². The Morgan fingerprint density at radius 3 is 2.48 bits per heavy atom. The molecule has 25 heavy (non-hydrogen) atoms. The molecule has 0 radical (unpaired) electrons. The van der Waals surface area contributed by atoms with Crippen LogP contribution in [0.15, 0.2) is 42.7 Å². The number of hydrogen-bond acceptors (Lipinski definition) is 3. The smallest absolute Gasteiger partial charge is 0.252 e. The molecule has 1 atom stereocenters. The largest absolute Gasteiger partial charge is 0.378 e. The molecule has 0 aliphatic carbocycles. The molecule has 2 aromatic rings. The summed E-state index contributed by atoms with van der Waals surface area (Å²) < 4.78 is 7.24. The molecule has 0 spiro atoms. The van der Waals surface area contributed by atoms with Crippen molar-refractivity contribution in [3.05, 3.63) is 53.9 Å². The highest BCUT2D eigenvalue weighted by molar-refractivity contribution is 5.98. The summed E-state index contributed by atoms with van der Waals surface area (Å²) in [5.74, 6) is -0.302. The van der Waals surface area contributed by atoms with E-state index in [-0.39, 0.29) is 11.8 Å². The minimum Gasteiger partial charge on any atom is -0.378 e. The zero-order valence-electron chi connectivity index (χ0n) is 14.6. The molecule has 0 bridgehead atoms. The van der Waals surface area contributed by atoms with E-state index < -0.39 is 6.04 Å². The Morgan fingerprint density at radius 1 is 1.16 bits per heavy atom. The quantitative estimate of drug-likeness (QED) is 0.922. The lowest BCUT2D eigenvalue weighted by Gasteiger charge is -2.29. The Morgan fingerprint density at radius 2 is 1.84 bits per heavy atom. The molecule has 3 rings (SSSR count). The van der Waals surface area contributed by atoms with Gasteiger partial charge in [-0.25, -0.2) is 0 Å². The van der Waals surface area contributed by atoms with Crippen molar-refractivity contribution in [2.45, 2.75) is 19.9 Å². The third-order valence-electron chi connectivity index (χ3n) is 4.40. The number of amides is 2. The Labute approximate surface area is 147 Å². The second kappa shape index (κ2) is 7.53. The van der Waals surface area contributed by atoms with Gasteiger partial charge >= 0.3 is 0 Å². The van der Waals surface area contributed by atoms with Crippen LogP contribution in [0.5, 0.6) is 0 Å². The molecule has 1 aliphatic heterocycles. The Hall–Kier alpha value is -2.60. The van der Waals surface area contributed by atoms with Crippen molar-refractivity contribution >= 4 is 11.8 Å². The van der Waals surface area contributed by atoms with Gasteiger partial charge in [-0.2, -0.15) is 0 Å². The fraction of sp³-hybridized carbons (Fsp3) is 0.368. The lowest BCUT2D eigenvalue weighted by atomic mass is 10.1. The number of aromatic nitrogens is 1. The van der Waals surface area contributed by atoms with Crippen LogP contribution in [0.1, 0.15) is 22.8 Å². The van der Waals surface area contributed by atoms with Gasteiger partial charge in [-0.05, 0) is 49.7 Å². The lowest BCUT2D eigenvalue weighted by molar-refractivity contribution is -0.136. The summed E-state index contributed by atoms with van der Waals surface area (Å²) in [5, 5.41) is 2.81. The van der Waals surface area contributed by atoms with Gasteiger partial charge in [0, 0.05) is 36.7 Å². The Balaban J connectivity index is 1.67. The highest BCUT2D eigenvalue weighted by atomic mass is 16.5. The van der Waals surface area contributed by atoms with Crippen LogP contribution in [0.25, 0.3) is 5.69 Å². The van der Waals surface area contributed by atoms with Crippen molar-refractivity contribution in [2.75, 3.05) is 26.3 Å². The van der Waals surface area contributed by atoms with Gasteiger partial charge in [0.1, 0.15) is 6.04 Å². The summed E-state index contributed by atoms with van der Waals surface area (Å²) in [5.41, 5.74) is 2.45. The maximum absolute atomic E-state index is 12.5. The van der Waals surface area contributed by atoms with E-state index in [9.17, 15) is 9.59 Å². The molecular weight excluding hydrogens is 318 g/mol. The molecule has 1 N–H and O–H groups in total. The predicted molar refractivity (Wildman–Crippen MR) is 94.8 cm³/mol. The van der Waals surface area contributed by atoms with E-state index in [2.05, 4.69) is 5.32 Å². The van der Waals surface area contributed by atoms with Gasteiger partial charge in [0.2, 0.25) is 5.91 Å². The van der Waals surface area contributed by atoms with Crippen LogP contribution in [0.3, 0.4) is 0 Å². The number of hydrogen-bond donors (Lipinski definition) is 1. The van der Waals surface area contributed by atoms with Gasteiger partial charge in [0.05, 0.1) is 13.2 Å². The number of morpholine rings is 1. The van der Waals surface area contributed by atoms with Gasteiger partial charge in [-0.3, -0.25) is 9.59 Å². The summed E-state index contributed by atoms with van der Waals surface area (Å²) in [6, 6.07) is 9.00. The predicted octanol–water partition coefficient (Wildman–Crippen LogP) is 1.76. The molecule has 132 valence electrons. The average molecular weight is 341 g/mol. The van der Waals surface area contributed by atoms with Crippen LogP contribution in [0, 0.1) is 6.92 Å². The summed E-state index contributed by atoms with van der Waals surface area (Å²) >= 11 is 0. The monoisotopic (exact) mass is 341 g/mol. The first kappa shape index (κ1) is 17.2. The van der Waals surface area contributed by atoms with Crippen molar-refractivity contribution < 1.29 is 14.3 Å². The topological polar surface area (TPSA) is 63.6 Å². The van der Waals surface area contributed by atoms with Crippen molar-refractivity contribution in [3.63, 3.8) is 0 Å². The van der Waals surface area contributed by atoms with Crippen molar-refractivity contribution in [2.24, 2.45) is 0 Å². The van der Waals surface area contributed by atoms with Crippen molar-refractivity contribution in [1.82, 2.24) is 14.8 Å². The van der Waals surface area contributed by atoms with Gasteiger partial charge in [0.25, 0.3) is 5.91 Å². The summed E-state index contributed by atoms with van der Waals surface area (Å²) in [4.78, 5) is 26.7. The molecule has 1 fully saturated rings. The van der Waals surface area contributed by atoms with Gasteiger partial charge in [0.15, 0.2) is 0 Å². The molecule has 6 nitrogen and oxygen atoms in total. The summed E-state index contributed by atoms with van der Waals surface area (Å²) in [6.45, 7) is 5.86. The molecule has 0 saturated carbocycles. The third kappa shape index (κ3) is 3.91. The van der Waals surface area contributed by atoms with Crippen LogP contribution >= 0.6 is 0 Å². The van der Waals surface area contributed by atoms with E-state index in [1.807, 2.05) is 48.1 Å². The van der Waals surface area contributed by atoms with Gasteiger partial charge < -0.3 is 19.5 Å². The van der Waals surface area contributed by atoms with Crippen LogP contribution in [-0.4, -0.2) is 53.6 Å². The highest BCUT2D eigenvalue weighted by Crippen LogP contribution is 2.15. The van der Waals surface area contributed by atoms with Gasteiger partial charge in [-0.15, -0.1) is 0 Å². The number of carbonyl (C=O) groups is 2. The van der Waals surface area contributed by atoms with Crippen LogP contribution in [0.2, 0.25) is 0 Å². The van der Waals surface area contributed by atoms with Crippen LogP contribution in [0.4, 0.5) is 0 Å². The first-order valence-corrected chi connectivity index (χ1v) is 8.47. The second-order valence-corrected chi connectivity index (χ2v) is 6.22. The van der Waals surface area contributed by atoms with Crippen molar-refractivity contribution in [3.8, 4) is 5.69 Å². The standard InChI is InChI=1S/C19H23N3O3/c1-14-13-16(21-7-3-4-8-21)5-6-17(14)18(23)20-15(2)19(24)22-9-11-25-12-10-22/h3-8,13,15H,9-12H2,1-2H3,(H,20,23)/t15-/m0/s1. The Bertz CT molecular complexity index is 749. The lowest BCUT2D eigenvalue weighted by Crippen LogP contribution is -2.50. The van der Waals surface area contributed by atoms with E-state index >= 15 is 0 Å². The molecule has 1 aliphatic rings. The van der Waals surface area contributed by atoms with E-state index in [0.29, 0.717) is 31.9 Å². The van der Waals surface area contributed by atoms with E-state index in [1.54, 1.807) is 17.9 Å². The first-order valence-electron chi connectivity index (χ1n) is 8.47. The van der Waals surface area contributed by atoms with Gasteiger partial charge in [-0.1, -0.05) is 0 Å². The van der Waals surface area contributed by atoms with E-state index in [1.165, 1.54) is 0 Å². The fourth-order valence-electron chi connectivity index (χ4n) is 2.96. The molecule has 6 heteroatoms. The molecule has 2 amide bonds. The van der Waals surface area contributed by atoms with E-state index in [4.69, 9.17) is 4.74 Å². The third-order valence-corrected chi connectivity index (χ3v) is 4.40. The highest BCUT2D eigenvalue weighted by Gasteiger charge is 2.24. The van der Waals surface area contributed by atoms with E-state index in [0.717, 1.165) is 11.3 Å². The number of nitrogens with zero attached hydrogens (tertiary/aromatic N) is 2.